The Labute approximate surface area is 92.9 Å². The summed E-state index contributed by atoms with van der Waals surface area (Å²) < 4.78 is 38.3. The van der Waals surface area contributed by atoms with Crippen LogP contribution in [-0.2, 0) is 6.18 Å². The Morgan fingerprint density at radius 1 is 1.31 bits per heavy atom. The number of aryl methyl sites for hydroxylation is 1. The number of halogens is 3. The highest BCUT2D eigenvalue weighted by Gasteiger charge is 2.34. The molecule has 0 saturated heterocycles. The quantitative estimate of drug-likeness (QED) is 0.808. The van der Waals surface area contributed by atoms with E-state index < -0.39 is 11.7 Å². The van der Waals surface area contributed by atoms with E-state index in [1.165, 1.54) is 13.0 Å². The summed E-state index contributed by atoms with van der Waals surface area (Å²) in [6.07, 6.45) is -3.76. The molecule has 0 saturated carbocycles. The van der Waals surface area contributed by atoms with E-state index in [2.05, 4.69) is 0 Å². The van der Waals surface area contributed by atoms with Gasteiger partial charge in [0.15, 0.2) is 0 Å². The maximum Gasteiger partial charge on any atom is 0.416 e. The van der Waals surface area contributed by atoms with Crippen LogP contribution in [0.4, 0.5) is 13.2 Å². The summed E-state index contributed by atoms with van der Waals surface area (Å²) in [5.74, 6) is -0.300. The number of aromatic hydroxyl groups is 1. The van der Waals surface area contributed by atoms with Gasteiger partial charge in [0, 0.05) is 0 Å². The zero-order chi connectivity index (χ0) is 12.5. The first-order chi connectivity index (χ1) is 7.27. The highest BCUT2D eigenvalue weighted by molar-refractivity contribution is 5.44. The van der Waals surface area contributed by atoms with E-state index in [1.54, 1.807) is 6.92 Å². The molecule has 0 radical (unpaired) electrons. The maximum absolute atomic E-state index is 12.8. The van der Waals surface area contributed by atoms with Gasteiger partial charge in [-0.25, -0.2) is 0 Å². The number of benzene rings is 1. The SMILES string of the molecule is CCC(C)c1cc(O)c(C)cc1C(F)(F)F. The smallest absolute Gasteiger partial charge is 0.416 e. The predicted molar refractivity (Wildman–Crippen MR) is 56.6 cm³/mol. The topological polar surface area (TPSA) is 20.2 Å². The van der Waals surface area contributed by atoms with Gasteiger partial charge in [0.25, 0.3) is 0 Å². The second-order valence-corrected chi connectivity index (χ2v) is 4.03. The molecule has 0 heterocycles. The summed E-state index contributed by atoms with van der Waals surface area (Å²) in [5.41, 5.74) is -0.227. The van der Waals surface area contributed by atoms with E-state index in [0.29, 0.717) is 6.42 Å². The highest BCUT2D eigenvalue weighted by Crippen LogP contribution is 2.39. The lowest BCUT2D eigenvalue weighted by Crippen LogP contribution is -2.11. The molecule has 16 heavy (non-hydrogen) atoms. The number of phenolic OH excluding ortho intramolecular Hbond substituents is 1. The van der Waals surface area contributed by atoms with E-state index >= 15 is 0 Å². The van der Waals surface area contributed by atoms with Gasteiger partial charge in [-0.05, 0) is 42.5 Å². The number of alkyl halides is 3. The maximum atomic E-state index is 12.8. The lowest BCUT2D eigenvalue weighted by molar-refractivity contribution is -0.138. The van der Waals surface area contributed by atoms with Crippen molar-refractivity contribution in [1.82, 2.24) is 0 Å². The van der Waals surface area contributed by atoms with Crippen LogP contribution in [0.15, 0.2) is 12.1 Å². The second-order valence-electron chi connectivity index (χ2n) is 4.03. The minimum Gasteiger partial charge on any atom is -0.508 e. The van der Waals surface area contributed by atoms with Gasteiger partial charge in [0.05, 0.1) is 5.56 Å². The fourth-order valence-electron chi connectivity index (χ4n) is 1.59. The van der Waals surface area contributed by atoms with Gasteiger partial charge in [-0.2, -0.15) is 13.2 Å². The summed E-state index contributed by atoms with van der Waals surface area (Å²) >= 11 is 0. The molecule has 1 aromatic rings. The standard InChI is InChI=1S/C12H15F3O/c1-4-7(2)9-6-11(16)8(3)5-10(9)12(13,14)15/h5-7,16H,4H2,1-3H3. The molecule has 90 valence electrons. The minimum atomic E-state index is -4.36. The van der Waals surface area contributed by atoms with E-state index in [-0.39, 0.29) is 22.8 Å². The zero-order valence-corrected chi connectivity index (χ0v) is 9.52. The van der Waals surface area contributed by atoms with E-state index in [4.69, 9.17) is 0 Å². The third-order valence-corrected chi connectivity index (χ3v) is 2.82. The van der Waals surface area contributed by atoms with E-state index in [9.17, 15) is 18.3 Å². The lowest BCUT2D eigenvalue weighted by atomic mass is 9.91. The van der Waals surface area contributed by atoms with Crippen molar-refractivity contribution in [3.05, 3.63) is 28.8 Å². The van der Waals surface area contributed by atoms with Crippen LogP contribution in [0.5, 0.6) is 5.75 Å². The highest BCUT2D eigenvalue weighted by atomic mass is 19.4. The Morgan fingerprint density at radius 2 is 1.88 bits per heavy atom. The summed E-state index contributed by atoms with van der Waals surface area (Å²) in [7, 11) is 0. The van der Waals surface area contributed by atoms with Gasteiger partial charge in [0.1, 0.15) is 5.75 Å². The van der Waals surface area contributed by atoms with Crippen molar-refractivity contribution in [1.29, 1.82) is 0 Å². The molecule has 4 heteroatoms. The summed E-state index contributed by atoms with van der Waals surface area (Å²) in [5, 5.41) is 9.47. The average molecular weight is 232 g/mol. The number of hydrogen-bond donors (Lipinski definition) is 1. The fourth-order valence-corrected chi connectivity index (χ4v) is 1.59. The van der Waals surface area contributed by atoms with Crippen LogP contribution in [0.1, 0.15) is 42.9 Å². The number of rotatable bonds is 2. The minimum absolute atomic E-state index is 0.0803. The molecule has 1 aromatic carbocycles. The van der Waals surface area contributed by atoms with Crippen molar-refractivity contribution < 1.29 is 18.3 Å². The van der Waals surface area contributed by atoms with Gasteiger partial charge >= 0.3 is 6.18 Å². The summed E-state index contributed by atoms with van der Waals surface area (Å²) in [4.78, 5) is 0. The molecule has 1 nitrogen and oxygen atoms in total. The Kier molecular flexibility index (Phi) is 3.51. The molecule has 0 bridgehead atoms. The van der Waals surface area contributed by atoms with Crippen molar-refractivity contribution in [3.8, 4) is 5.75 Å². The van der Waals surface area contributed by atoms with Crippen LogP contribution < -0.4 is 0 Å². The van der Waals surface area contributed by atoms with Gasteiger partial charge in [-0.15, -0.1) is 0 Å². The van der Waals surface area contributed by atoms with Crippen LogP contribution >= 0.6 is 0 Å². The van der Waals surface area contributed by atoms with Gasteiger partial charge < -0.3 is 5.11 Å². The lowest BCUT2D eigenvalue weighted by Gasteiger charge is -2.18. The molecule has 0 aliphatic rings. The van der Waals surface area contributed by atoms with Crippen molar-refractivity contribution in [2.45, 2.75) is 39.3 Å². The first kappa shape index (κ1) is 12.9. The molecule has 0 aliphatic carbocycles. The molecular weight excluding hydrogens is 217 g/mol. The molecule has 0 spiro atoms. The Hall–Kier alpha value is -1.19. The fraction of sp³-hybridized carbons (Fsp3) is 0.500. The molecule has 1 rings (SSSR count). The van der Waals surface area contributed by atoms with Crippen LogP contribution in [0.25, 0.3) is 0 Å². The Morgan fingerprint density at radius 3 is 2.31 bits per heavy atom. The number of hydrogen-bond acceptors (Lipinski definition) is 1. The normalized spacial score (nSPS) is 13.9. The monoisotopic (exact) mass is 232 g/mol. The van der Waals surface area contributed by atoms with Crippen molar-refractivity contribution >= 4 is 0 Å². The van der Waals surface area contributed by atoms with Crippen LogP contribution in [-0.4, -0.2) is 5.11 Å². The van der Waals surface area contributed by atoms with Crippen molar-refractivity contribution in [3.63, 3.8) is 0 Å². The third kappa shape index (κ3) is 2.49. The summed E-state index contributed by atoms with van der Waals surface area (Å²) in [6.45, 7) is 5.01. The molecule has 0 aromatic heterocycles. The van der Waals surface area contributed by atoms with Crippen LogP contribution in [0, 0.1) is 6.92 Å². The molecule has 0 fully saturated rings. The van der Waals surface area contributed by atoms with E-state index in [0.717, 1.165) is 6.07 Å². The largest absolute Gasteiger partial charge is 0.508 e. The van der Waals surface area contributed by atoms with Gasteiger partial charge in [0.2, 0.25) is 0 Å². The average Bonchev–Trinajstić information content (AvgIpc) is 2.18. The van der Waals surface area contributed by atoms with Crippen molar-refractivity contribution in [2.24, 2.45) is 0 Å². The van der Waals surface area contributed by atoms with Crippen LogP contribution in [0.3, 0.4) is 0 Å². The first-order valence-corrected chi connectivity index (χ1v) is 5.18. The van der Waals surface area contributed by atoms with Crippen LogP contribution in [0.2, 0.25) is 0 Å². The molecule has 0 amide bonds. The first-order valence-electron chi connectivity index (χ1n) is 5.18. The number of phenols is 1. The van der Waals surface area contributed by atoms with Gasteiger partial charge in [-0.1, -0.05) is 13.8 Å². The predicted octanol–water partition coefficient (Wildman–Crippen LogP) is 4.23. The Bertz CT molecular complexity index is 383. The molecule has 0 aliphatic heterocycles. The third-order valence-electron chi connectivity index (χ3n) is 2.82. The molecular formula is C12H15F3O. The van der Waals surface area contributed by atoms with E-state index in [1.807, 2.05) is 6.92 Å². The van der Waals surface area contributed by atoms with Gasteiger partial charge in [-0.3, -0.25) is 0 Å². The molecule has 1 unspecified atom stereocenters. The Balaban J connectivity index is 3.39. The zero-order valence-electron chi connectivity index (χ0n) is 9.52. The molecule has 1 atom stereocenters. The second kappa shape index (κ2) is 4.36. The molecule has 1 N–H and O–H groups in total. The summed E-state index contributed by atoms with van der Waals surface area (Å²) in [6, 6.07) is 2.24. The van der Waals surface area contributed by atoms with Crippen molar-refractivity contribution in [2.75, 3.05) is 0 Å².